The van der Waals surface area contributed by atoms with Gasteiger partial charge in [0.2, 0.25) is 0 Å². The second-order valence-electron chi connectivity index (χ2n) is 5.39. The normalized spacial score (nSPS) is 13.9. The van der Waals surface area contributed by atoms with Crippen molar-refractivity contribution < 1.29 is 9.53 Å². The minimum absolute atomic E-state index is 0.0197. The van der Waals surface area contributed by atoms with E-state index in [0.29, 0.717) is 18.7 Å². The molecule has 7 nitrogen and oxygen atoms in total. The molecule has 0 unspecified atom stereocenters. The van der Waals surface area contributed by atoms with Crippen LogP contribution in [0.2, 0.25) is 0 Å². The second kappa shape index (κ2) is 7.73. The highest BCUT2D eigenvalue weighted by Gasteiger charge is 2.14. The number of carbonyl (C=O) groups excluding carboxylic acids is 1. The van der Waals surface area contributed by atoms with E-state index < -0.39 is 0 Å². The third-order valence-electron chi connectivity index (χ3n) is 3.73. The van der Waals surface area contributed by atoms with Gasteiger partial charge in [0.1, 0.15) is 17.4 Å². The highest BCUT2D eigenvalue weighted by atomic mass is 16.5. The fraction of sp³-hybridized carbons (Fsp3) is 0.438. The monoisotopic (exact) mass is 315 g/mol. The number of nitrogens with one attached hydrogen (secondary N) is 2. The zero-order valence-electron chi connectivity index (χ0n) is 13.0. The summed E-state index contributed by atoms with van der Waals surface area (Å²) in [7, 11) is 0. The number of ether oxygens (including phenoxy) is 1. The van der Waals surface area contributed by atoms with E-state index in [1.807, 2.05) is 30.3 Å². The van der Waals surface area contributed by atoms with E-state index in [4.69, 9.17) is 4.74 Å². The van der Waals surface area contributed by atoms with E-state index in [1.165, 1.54) is 0 Å². The third-order valence-corrected chi connectivity index (χ3v) is 3.73. The summed E-state index contributed by atoms with van der Waals surface area (Å²) in [4.78, 5) is 11.8. The van der Waals surface area contributed by atoms with E-state index in [9.17, 15) is 4.79 Å². The highest BCUT2D eigenvalue weighted by molar-refractivity contribution is 5.77. The lowest BCUT2D eigenvalue weighted by Crippen LogP contribution is -2.31. The van der Waals surface area contributed by atoms with Gasteiger partial charge in [-0.2, -0.15) is 0 Å². The van der Waals surface area contributed by atoms with Crippen LogP contribution in [0.15, 0.2) is 30.3 Å². The predicted octanol–water partition coefficient (Wildman–Crippen LogP) is 0.162. The van der Waals surface area contributed by atoms with Crippen molar-refractivity contribution in [3.63, 3.8) is 0 Å². The highest BCUT2D eigenvalue weighted by Crippen LogP contribution is 2.08. The number of benzene rings is 1. The molecule has 0 atom stereocenters. The number of hydrogen-bond acceptors (Lipinski definition) is 5. The van der Waals surface area contributed by atoms with Gasteiger partial charge in [-0.25, -0.2) is 0 Å². The summed E-state index contributed by atoms with van der Waals surface area (Å²) >= 11 is 0. The van der Waals surface area contributed by atoms with Crippen molar-refractivity contribution in [2.45, 2.75) is 19.4 Å². The van der Waals surface area contributed by atoms with E-state index in [2.05, 4.69) is 25.4 Å². The topological polar surface area (TPSA) is 81.1 Å². The molecule has 0 aliphatic carbocycles. The van der Waals surface area contributed by atoms with Crippen LogP contribution >= 0.6 is 0 Å². The van der Waals surface area contributed by atoms with Gasteiger partial charge in [-0.3, -0.25) is 4.79 Å². The Balaban J connectivity index is 1.43. The molecule has 122 valence electrons. The van der Waals surface area contributed by atoms with E-state index >= 15 is 0 Å². The van der Waals surface area contributed by atoms with Crippen molar-refractivity contribution in [1.82, 2.24) is 25.4 Å². The molecule has 0 fully saturated rings. The van der Waals surface area contributed by atoms with Crippen molar-refractivity contribution in [2.75, 3.05) is 26.2 Å². The molecule has 2 N–H and O–H groups in total. The Morgan fingerprint density at radius 1 is 1.26 bits per heavy atom. The van der Waals surface area contributed by atoms with Crippen molar-refractivity contribution in [3.05, 3.63) is 42.0 Å². The van der Waals surface area contributed by atoms with E-state index in [-0.39, 0.29) is 12.5 Å². The van der Waals surface area contributed by atoms with Gasteiger partial charge in [-0.15, -0.1) is 10.2 Å². The maximum atomic E-state index is 11.8. The summed E-state index contributed by atoms with van der Waals surface area (Å²) in [5, 5.41) is 14.7. The molecule has 1 aliphatic rings. The van der Waals surface area contributed by atoms with Crippen molar-refractivity contribution in [3.8, 4) is 5.75 Å². The molecule has 1 aromatic heterocycles. The molecule has 1 aliphatic heterocycles. The molecule has 2 heterocycles. The van der Waals surface area contributed by atoms with Crippen molar-refractivity contribution in [2.24, 2.45) is 0 Å². The number of nitrogens with zero attached hydrogens (tertiary/aromatic N) is 3. The van der Waals surface area contributed by atoms with Gasteiger partial charge in [0.15, 0.2) is 6.61 Å². The first-order valence-electron chi connectivity index (χ1n) is 7.89. The minimum Gasteiger partial charge on any atom is -0.484 e. The average Bonchev–Trinajstić information content (AvgIpc) is 2.81. The van der Waals surface area contributed by atoms with Crippen LogP contribution in [0.25, 0.3) is 0 Å². The molecule has 3 rings (SSSR count). The van der Waals surface area contributed by atoms with Crippen LogP contribution in [0.5, 0.6) is 5.75 Å². The number of hydrogen-bond donors (Lipinski definition) is 2. The molecule has 2 aromatic rings. The van der Waals surface area contributed by atoms with Gasteiger partial charge in [0.25, 0.3) is 5.91 Å². The van der Waals surface area contributed by atoms with Crippen LogP contribution in [0.4, 0.5) is 0 Å². The lowest BCUT2D eigenvalue weighted by atomic mass is 10.3. The van der Waals surface area contributed by atoms with Crippen LogP contribution in [-0.4, -0.2) is 46.9 Å². The van der Waals surface area contributed by atoms with Crippen molar-refractivity contribution in [1.29, 1.82) is 0 Å². The molecule has 0 spiro atoms. The molecule has 0 saturated heterocycles. The van der Waals surface area contributed by atoms with Crippen LogP contribution in [0, 0.1) is 0 Å². The Morgan fingerprint density at radius 2 is 2.13 bits per heavy atom. The maximum Gasteiger partial charge on any atom is 0.257 e. The van der Waals surface area contributed by atoms with Gasteiger partial charge in [-0.1, -0.05) is 18.2 Å². The Bertz CT molecular complexity index is 641. The van der Waals surface area contributed by atoms with Crippen LogP contribution in [0.3, 0.4) is 0 Å². The first-order chi connectivity index (χ1) is 11.3. The number of fused-ring (bicyclic) bond motifs is 1. The number of amides is 1. The fourth-order valence-corrected chi connectivity index (χ4v) is 2.55. The fourth-order valence-electron chi connectivity index (χ4n) is 2.55. The average molecular weight is 315 g/mol. The summed E-state index contributed by atoms with van der Waals surface area (Å²) in [5.41, 5.74) is 0. The van der Waals surface area contributed by atoms with Gasteiger partial charge < -0.3 is 19.9 Å². The number of rotatable bonds is 6. The third kappa shape index (κ3) is 4.29. The zero-order chi connectivity index (χ0) is 15.9. The molecule has 7 heteroatoms. The largest absolute Gasteiger partial charge is 0.484 e. The van der Waals surface area contributed by atoms with Gasteiger partial charge in [0.05, 0.1) is 0 Å². The van der Waals surface area contributed by atoms with Crippen LogP contribution in [-0.2, 0) is 24.2 Å². The zero-order valence-corrected chi connectivity index (χ0v) is 13.0. The standard InChI is InChI=1S/C16H21N5O2/c22-16(12-23-13-4-2-1-3-5-13)18-9-7-15-20-19-14-6-8-17-10-11-21(14)15/h1-5,17H,6-12H2,(H,18,22). The summed E-state index contributed by atoms with van der Waals surface area (Å²) in [6.07, 6.45) is 1.56. The lowest BCUT2D eigenvalue weighted by molar-refractivity contribution is -0.123. The number of carbonyl (C=O) groups is 1. The van der Waals surface area contributed by atoms with E-state index in [0.717, 1.165) is 37.7 Å². The molecule has 0 saturated carbocycles. The molecule has 23 heavy (non-hydrogen) atoms. The van der Waals surface area contributed by atoms with E-state index in [1.54, 1.807) is 0 Å². The second-order valence-corrected chi connectivity index (χ2v) is 5.39. The minimum atomic E-state index is -0.133. The molecular formula is C16H21N5O2. The first-order valence-corrected chi connectivity index (χ1v) is 7.89. The SMILES string of the molecule is O=C(COc1ccccc1)NCCc1nnc2n1CCNCC2. The smallest absolute Gasteiger partial charge is 0.257 e. The molecule has 0 bridgehead atoms. The van der Waals surface area contributed by atoms with Gasteiger partial charge in [0, 0.05) is 39.0 Å². The molecule has 1 amide bonds. The molecule has 0 radical (unpaired) electrons. The van der Waals surface area contributed by atoms with Crippen molar-refractivity contribution >= 4 is 5.91 Å². The Labute approximate surface area is 135 Å². The maximum absolute atomic E-state index is 11.8. The Morgan fingerprint density at radius 3 is 3.00 bits per heavy atom. The van der Waals surface area contributed by atoms with Crippen LogP contribution < -0.4 is 15.4 Å². The lowest BCUT2D eigenvalue weighted by Gasteiger charge is -2.09. The molecule has 1 aromatic carbocycles. The predicted molar refractivity (Wildman–Crippen MR) is 85.2 cm³/mol. The van der Waals surface area contributed by atoms with Crippen LogP contribution in [0.1, 0.15) is 11.6 Å². The summed E-state index contributed by atoms with van der Waals surface area (Å²) in [6, 6.07) is 9.31. The summed E-state index contributed by atoms with van der Waals surface area (Å²) < 4.78 is 7.55. The Kier molecular flexibility index (Phi) is 5.21. The van der Waals surface area contributed by atoms with Gasteiger partial charge >= 0.3 is 0 Å². The Hall–Kier alpha value is -2.41. The summed E-state index contributed by atoms with van der Waals surface area (Å²) in [5.74, 6) is 2.50. The number of aromatic nitrogens is 3. The number of para-hydroxylation sites is 1. The first kappa shape index (κ1) is 15.5. The molecular weight excluding hydrogens is 294 g/mol. The quantitative estimate of drug-likeness (QED) is 0.794. The van der Waals surface area contributed by atoms with Gasteiger partial charge in [-0.05, 0) is 12.1 Å². The summed E-state index contributed by atoms with van der Waals surface area (Å²) in [6.45, 7) is 3.29.